The second-order valence-corrected chi connectivity index (χ2v) is 5.64. The van der Waals surface area contributed by atoms with Gasteiger partial charge in [0.25, 0.3) is 0 Å². The Kier molecular flexibility index (Phi) is 5.13. The molecule has 2 rings (SSSR count). The van der Waals surface area contributed by atoms with E-state index in [1.807, 2.05) is 0 Å². The van der Waals surface area contributed by atoms with Crippen molar-refractivity contribution in [1.82, 2.24) is 0 Å². The molecule has 0 saturated carbocycles. The van der Waals surface area contributed by atoms with E-state index in [2.05, 4.69) is 20.9 Å². The van der Waals surface area contributed by atoms with Crippen molar-refractivity contribution in [2.75, 3.05) is 0 Å². The Labute approximate surface area is 134 Å². The molecule has 2 aromatic rings. The predicted molar refractivity (Wildman–Crippen MR) is 80.9 cm³/mol. The maximum absolute atomic E-state index is 13.6. The molecule has 2 aromatic carbocycles. The molecule has 0 saturated heterocycles. The van der Waals surface area contributed by atoms with Crippen molar-refractivity contribution >= 4 is 21.9 Å². The van der Waals surface area contributed by atoms with Crippen LogP contribution < -0.4 is 4.74 Å². The van der Waals surface area contributed by atoms with Crippen LogP contribution in [-0.2, 0) is 11.5 Å². The van der Waals surface area contributed by atoms with Gasteiger partial charge in [0.2, 0.25) is 0 Å². The highest BCUT2D eigenvalue weighted by molar-refractivity contribution is 9.10. The van der Waals surface area contributed by atoms with Gasteiger partial charge >= 0.3 is 5.97 Å². The van der Waals surface area contributed by atoms with Gasteiger partial charge in [-0.25, -0.2) is 14.1 Å². The lowest BCUT2D eigenvalue weighted by Gasteiger charge is -2.13. The largest absolute Gasteiger partial charge is 0.488 e. The van der Waals surface area contributed by atoms with Crippen LogP contribution in [0, 0.1) is 19.7 Å². The summed E-state index contributed by atoms with van der Waals surface area (Å²) in [6.07, 6.45) is 0. The zero-order valence-electron chi connectivity index (χ0n) is 12.0. The normalized spacial score (nSPS) is 10.4. The monoisotopic (exact) mass is 370 g/mol. The molecule has 22 heavy (non-hydrogen) atoms. The Hall–Kier alpha value is -1.95. The van der Waals surface area contributed by atoms with E-state index >= 15 is 0 Å². The van der Waals surface area contributed by atoms with Gasteiger partial charge in [-0.2, -0.15) is 0 Å². The van der Waals surface area contributed by atoms with Crippen LogP contribution in [0.1, 0.15) is 27.0 Å². The van der Waals surface area contributed by atoms with E-state index in [1.165, 1.54) is 12.1 Å². The van der Waals surface area contributed by atoms with Crippen molar-refractivity contribution in [3.63, 3.8) is 0 Å². The molecule has 0 atom stereocenters. The molecule has 6 heteroatoms. The summed E-state index contributed by atoms with van der Waals surface area (Å²) in [5.74, 6) is -1.12. The van der Waals surface area contributed by atoms with Crippen LogP contribution in [0.5, 0.6) is 5.75 Å². The minimum atomic E-state index is -1.10. The molecule has 3 nitrogen and oxygen atoms in total. The lowest BCUT2D eigenvalue weighted by atomic mass is 10.1. The van der Waals surface area contributed by atoms with Crippen LogP contribution in [0.3, 0.4) is 0 Å². The summed E-state index contributed by atoms with van der Waals surface area (Å²) in [7, 11) is 0. The van der Waals surface area contributed by atoms with Gasteiger partial charge in [0.1, 0.15) is 18.2 Å². The zero-order valence-corrected chi connectivity index (χ0v) is 13.5. The van der Waals surface area contributed by atoms with Crippen molar-refractivity contribution in [2.24, 2.45) is 0 Å². The highest BCUT2D eigenvalue weighted by Crippen LogP contribution is 2.26. The predicted octanol–water partition coefficient (Wildman–Crippen LogP) is 4.83. The minimum absolute atomic E-state index is 0.0325. The van der Waals surface area contributed by atoms with Crippen molar-refractivity contribution in [3.05, 3.63) is 62.9 Å². The molecule has 0 radical (unpaired) electrons. The van der Waals surface area contributed by atoms with Crippen LogP contribution in [-0.4, -0.2) is 5.97 Å². The van der Waals surface area contributed by atoms with Crippen LogP contribution >= 0.6 is 15.9 Å². The molecule has 0 aliphatic heterocycles. The highest BCUT2D eigenvalue weighted by Gasteiger charge is 2.17. The Bertz CT molecular complexity index is 717. The third-order valence-corrected chi connectivity index (χ3v) is 3.98. The molecule has 116 valence electrons. The summed E-state index contributed by atoms with van der Waals surface area (Å²) in [4.78, 5) is 14.7. The molecular formula is C16H13BrF2O3. The summed E-state index contributed by atoms with van der Waals surface area (Å²) >= 11 is 3.28. The second-order valence-electron chi connectivity index (χ2n) is 4.79. The summed E-state index contributed by atoms with van der Waals surface area (Å²) in [6.45, 7) is 3.42. The number of hydrogen-bond donors (Lipinski definition) is 0. The van der Waals surface area contributed by atoms with E-state index in [0.717, 1.165) is 5.56 Å². The van der Waals surface area contributed by atoms with Crippen LogP contribution in [0.15, 0.2) is 34.8 Å². The smallest absolute Gasteiger partial charge is 0.379 e. The van der Waals surface area contributed by atoms with E-state index in [0.29, 0.717) is 21.3 Å². The van der Waals surface area contributed by atoms with E-state index in [-0.39, 0.29) is 18.0 Å². The summed E-state index contributed by atoms with van der Waals surface area (Å²) in [5, 5.41) is 0. The number of aryl methyl sites for hydroxylation is 2. The van der Waals surface area contributed by atoms with Gasteiger partial charge in [-0.05, 0) is 43.2 Å². The van der Waals surface area contributed by atoms with Crippen LogP contribution in [0.2, 0.25) is 0 Å². The standard InChI is InChI=1S/C16H13BrF2O3/c1-9-6-10(2)15(7-14(9)18)21-8-12-11(16(20)22-19)4-3-5-13(12)17/h3-7H,8H2,1-2H3. The molecule has 0 amide bonds. The van der Waals surface area contributed by atoms with E-state index in [4.69, 9.17) is 4.74 Å². The molecule has 0 spiro atoms. The fourth-order valence-corrected chi connectivity index (χ4v) is 2.53. The Morgan fingerprint density at radius 2 is 1.95 bits per heavy atom. The Balaban J connectivity index is 2.29. The molecule has 0 fully saturated rings. The first-order valence-electron chi connectivity index (χ1n) is 6.44. The maximum Gasteiger partial charge on any atom is 0.379 e. The van der Waals surface area contributed by atoms with Gasteiger partial charge in [-0.1, -0.05) is 22.0 Å². The average Bonchev–Trinajstić information content (AvgIpc) is 2.49. The van der Waals surface area contributed by atoms with Gasteiger partial charge in [0, 0.05) is 20.6 Å². The lowest BCUT2D eigenvalue weighted by molar-refractivity contribution is -0.0789. The first-order chi connectivity index (χ1) is 10.4. The van der Waals surface area contributed by atoms with Crippen molar-refractivity contribution in [1.29, 1.82) is 0 Å². The van der Waals surface area contributed by atoms with Gasteiger partial charge in [0.15, 0.2) is 0 Å². The first-order valence-corrected chi connectivity index (χ1v) is 7.23. The first kappa shape index (κ1) is 16.4. The molecule has 0 heterocycles. The summed E-state index contributed by atoms with van der Waals surface area (Å²) in [5.41, 5.74) is 1.75. The topological polar surface area (TPSA) is 35.5 Å². The molecule has 0 aliphatic rings. The fraction of sp³-hybridized carbons (Fsp3) is 0.188. The maximum atomic E-state index is 13.6. The van der Waals surface area contributed by atoms with Gasteiger partial charge in [0.05, 0.1) is 5.56 Å². The number of hydrogen-bond acceptors (Lipinski definition) is 3. The molecular weight excluding hydrogens is 358 g/mol. The Morgan fingerprint density at radius 3 is 2.64 bits per heavy atom. The van der Waals surface area contributed by atoms with Crippen molar-refractivity contribution < 1.29 is 23.4 Å². The molecule has 0 aromatic heterocycles. The second kappa shape index (κ2) is 6.87. The summed E-state index contributed by atoms with van der Waals surface area (Å²) < 4.78 is 31.9. The van der Waals surface area contributed by atoms with E-state index < -0.39 is 5.97 Å². The van der Waals surface area contributed by atoms with Crippen molar-refractivity contribution in [2.45, 2.75) is 20.5 Å². The number of carbonyl (C=O) groups is 1. The number of rotatable bonds is 4. The SMILES string of the molecule is Cc1cc(C)c(OCc2c(Br)cccc2C(=O)OF)cc1F. The lowest BCUT2D eigenvalue weighted by Crippen LogP contribution is -2.08. The molecule has 0 bridgehead atoms. The molecule has 0 unspecified atom stereocenters. The number of benzene rings is 2. The van der Waals surface area contributed by atoms with Crippen molar-refractivity contribution in [3.8, 4) is 5.75 Å². The average molecular weight is 371 g/mol. The van der Waals surface area contributed by atoms with E-state index in [9.17, 15) is 13.7 Å². The van der Waals surface area contributed by atoms with Gasteiger partial charge in [-0.3, -0.25) is 0 Å². The molecule has 0 aliphatic carbocycles. The van der Waals surface area contributed by atoms with Crippen LogP contribution in [0.4, 0.5) is 8.92 Å². The number of carbonyl (C=O) groups excluding carboxylic acids is 1. The number of ether oxygens (including phenoxy) is 1. The fourth-order valence-electron chi connectivity index (χ4n) is 2.05. The Morgan fingerprint density at radius 1 is 1.23 bits per heavy atom. The number of halogens is 3. The molecule has 0 N–H and O–H groups in total. The van der Waals surface area contributed by atoms with Crippen LogP contribution in [0.25, 0.3) is 0 Å². The van der Waals surface area contributed by atoms with Gasteiger partial charge < -0.3 is 4.74 Å². The summed E-state index contributed by atoms with van der Waals surface area (Å²) in [6, 6.07) is 7.65. The minimum Gasteiger partial charge on any atom is -0.488 e. The van der Waals surface area contributed by atoms with E-state index in [1.54, 1.807) is 32.0 Å². The highest BCUT2D eigenvalue weighted by atomic mass is 79.9. The third-order valence-electron chi connectivity index (χ3n) is 3.24. The quantitative estimate of drug-likeness (QED) is 0.773. The third kappa shape index (κ3) is 3.44. The van der Waals surface area contributed by atoms with Gasteiger partial charge in [-0.15, -0.1) is 0 Å². The zero-order chi connectivity index (χ0) is 16.3.